The van der Waals surface area contributed by atoms with Crippen molar-refractivity contribution in [2.24, 2.45) is 0 Å². The molecule has 100 valence electrons. The van der Waals surface area contributed by atoms with Gasteiger partial charge in [0, 0.05) is 12.2 Å². The van der Waals surface area contributed by atoms with Crippen LogP contribution in [0.5, 0.6) is 0 Å². The number of rotatable bonds is 4. The van der Waals surface area contributed by atoms with Crippen LogP contribution >= 0.6 is 11.3 Å². The van der Waals surface area contributed by atoms with Gasteiger partial charge < -0.3 is 4.90 Å². The van der Waals surface area contributed by atoms with Gasteiger partial charge in [-0.25, -0.2) is 9.97 Å². The van der Waals surface area contributed by atoms with E-state index in [1.165, 1.54) is 11.3 Å². The van der Waals surface area contributed by atoms with Crippen molar-refractivity contribution in [2.45, 2.75) is 6.92 Å². The van der Waals surface area contributed by atoms with Crippen LogP contribution in [-0.2, 0) is 0 Å². The number of benzene rings is 1. The molecular formula is C15H13N3OS. The van der Waals surface area contributed by atoms with E-state index in [4.69, 9.17) is 0 Å². The highest BCUT2D eigenvalue weighted by molar-refractivity contribution is 7.20. The average Bonchev–Trinajstić information content (AvgIpc) is 2.93. The summed E-state index contributed by atoms with van der Waals surface area (Å²) in [5, 5.41) is 0.922. The van der Waals surface area contributed by atoms with Gasteiger partial charge in [0.05, 0.1) is 10.3 Å². The van der Waals surface area contributed by atoms with E-state index in [1.807, 2.05) is 36.4 Å². The van der Waals surface area contributed by atoms with E-state index in [0.717, 1.165) is 34.6 Å². The number of para-hydroxylation sites is 1. The predicted molar refractivity (Wildman–Crippen MR) is 81.9 cm³/mol. The maximum Gasteiger partial charge on any atom is 0.160 e. The van der Waals surface area contributed by atoms with Crippen LogP contribution in [0, 0.1) is 0 Å². The maximum atomic E-state index is 10.9. The molecule has 0 aliphatic rings. The molecule has 0 radical (unpaired) electrons. The Labute approximate surface area is 120 Å². The van der Waals surface area contributed by atoms with E-state index >= 15 is 0 Å². The van der Waals surface area contributed by atoms with Crippen LogP contribution in [0.25, 0.3) is 10.2 Å². The molecule has 3 rings (SSSR count). The number of anilines is 2. The Morgan fingerprint density at radius 3 is 2.75 bits per heavy atom. The number of thiophene rings is 1. The smallest absolute Gasteiger partial charge is 0.160 e. The maximum absolute atomic E-state index is 10.9. The minimum atomic E-state index is 0.672. The molecule has 2 heterocycles. The van der Waals surface area contributed by atoms with E-state index in [9.17, 15) is 4.79 Å². The van der Waals surface area contributed by atoms with Crippen LogP contribution < -0.4 is 4.90 Å². The largest absolute Gasteiger partial charge is 0.326 e. The van der Waals surface area contributed by atoms with Crippen LogP contribution in [0.3, 0.4) is 0 Å². The van der Waals surface area contributed by atoms with Gasteiger partial charge in [-0.05, 0) is 25.1 Å². The van der Waals surface area contributed by atoms with Crippen molar-refractivity contribution in [1.29, 1.82) is 0 Å². The number of aldehydes is 1. The zero-order chi connectivity index (χ0) is 13.9. The Balaban J connectivity index is 2.17. The lowest BCUT2D eigenvalue weighted by Gasteiger charge is -2.22. The molecule has 0 atom stereocenters. The van der Waals surface area contributed by atoms with Crippen LogP contribution in [-0.4, -0.2) is 22.8 Å². The highest BCUT2D eigenvalue weighted by Crippen LogP contribution is 2.32. The lowest BCUT2D eigenvalue weighted by molar-refractivity contribution is 0.112. The van der Waals surface area contributed by atoms with Crippen LogP contribution in [0.1, 0.15) is 16.6 Å². The van der Waals surface area contributed by atoms with Gasteiger partial charge in [-0.15, -0.1) is 11.3 Å². The Bertz CT molecular complexity index is 739. The molecular weight excluding hydrogens is 270 g/mol. The second-order valence-corrected chi connectivity index (χ2v) is 5.32. The number of carbonyl (C=O) groups is 1. The molecule has 3 aromatic rings. The summed E-state index contributed by atoms with van der Waals surface area (Å²) >= 11 is 1.39. The number of fused-ring (bicyclic) bond motifs is 1. The Kier molecular flexibility index (Phi) is 3.43. The second-order valence-electron chi connectivity index (χ2n) is 4.26. The van der Waals surface area contributed by atoms with Gasteiger partial charge in [0.25, 0.3) is 0 Å². The third kappa shape index (κ3) is 2.16. The normalized spacial score (nSPS) is 10.7. The highest BCUT2D eigenvalue weighted by atomic mass is 32.1. The lowest BCUT2D eigenvalue weighted by atomic mass is 10.2. The van der Waals surface area contributed by atoms with Crippen molar-refractivity contribution in [3.8, 4) is 0 Å². The van der Waals surface area contributed by atoms with E-state index in [2.05, 4.69) is 21.8 Å². The molecule has 4 nitrogen and oxygen atoms in total. The fraction of sp³-hybridized carbons (Fsp3) is 0.133. The molecule has 0 saturated heterocycles. The third-order valence-corrected chi connectivity index (χ3v) is 4.05. The molecule has 2 aromatic heterocycles. The molecule has 0 aliphatic heterocycles. The van der Waals surface area contributed by atoms with Crippen LogP contribution in [0.15, 0.2) is 42.7 Å². The van der Waals surface area contributed by atoms with Gasteiger partial charge in [0.15, 0.2) is 6.29 Å². The fourth-order valence-corrected chi connectivity index (χ4v) is 3.01. The van der Waals surface area contributed by atoms with Crippen LogP contribution in [0.2, 0.25) is 0 Å². The number of aromatic nitrogens is 2. The first kappa shape index (κ1) is 12.7. The lowest BCUT2D eigenvalue weighted by Crippen LogP contribution is -2.17. The van der Waals surface area contributed by atoms with Gasteiger partial charge in [-0.1, -0.05) is 18.2 Å². The zero-order valence-corrected chi connectivity index (χ0v) is 11.8. The summed E-state index contributed by atoms with van der Waals surface area (Å²) in [5.41, 5.74) is 1.08. The molecule has 1 aromatic carbocycles. The summed E-state index contributed by atoms with van der Waals surface area (Å²) in [4.78, 5) is 23.2. The van der Waals surface area contributed by atoms with Crippen molar-refractivity contribution in [1.82, 2.24) is 9.97 Å². The van der Waals surface area contributed by atoms with E-state index in [0.29, 0.717) is 4.88 Å². The molecule has 0 bridgehead atoms. The van der Waals surface area contributed by atoms with Gasteiger partial charge in [-0.3, -0.25) is 4.79 Å². The average molecular weight is 283 g/mol. The number of hydrogen-bond acceptors (Lipinski definition) is 5. The summed E-state index contributed by atoms with van der Waals surface area (Å²) < 4.78 is 0. The molecule has 20 heavy (non-hydrogen) atoms. The zero-order valence-electron chi connectivity index (χ0n) is 11.0. The minimum absolute atomic E-state index is 0.672. The van der Waals surface area contributed by atoms with E-state index in [-0.39, 0.29) is 0 Å². The Morgan fingerprint density at radius 2 is 2.05 bits per heavy atom. The topological polar surface area (TPSA) is 46.1 Å². The van der Waals surface area contributed by atoms with Gasteiger partial charge in [0.2, 0.25) is 0 Å². The summed E-state index contributed by atoms with van der Waals surface area (Å²) in [6.45, 7) is 2.87. The first-order valence-corrected chi connectivity index (χ1v) is 7.17. The molecule has 0 aliphatic carbocycles. The SMILES string of the molecule is CCN(c1ccccc1)c1ncnc2sc(C=O)cc12. The van der Waals surface area contributed by atoms with Gasteiger partial charge in [-0.2, -0.15) is 0 Å². The standard InChI is InChI=1S/C15H13N3OS/c1-2-18(11-6-4-3-5-7-11)14-13-8-12(9-19)20-15(13)17-10-16-14/h3-10H,2H2,1H3. The molecule has 0 N–H and O–H groups in total. The predicted octanol–water partition coefficient (Wildman–Crippen LogP) is 3.66. The van der Waals surface area contributed by atoms with Crippen molar-refractivity contribution < 1.29 is 4.79 Å². The number of nitrogens with zero attached hydrogens (tertiary/aromatic N) is 3. The second kappa shape index (κ2) is 5.38. The molecule has 0 amide bonds. The fourth-order valence-electron chi connectivity index (χ4n) is 2.20. The number of hydrogen-bond donors (Lipinski definition) is 0. The summed E-state index contributed by atoms with van der Waals surface area (Å²) in [6, 6.07) is 11.9. The summed E-state index contributed by atoms with van der Waals surface area (Å²) in [6.07, 6.45) is 2.41. The molecule has 0 unspecified atom stereocenters. The molecule has 0 fully saturated rings. The minimum Gasteiger partial charge on any atom is -0.326 e. The quantitative estimate of drug-likeness (QED) is 0.685. The van der Waals surface area contributed by atoms with Crippen molar-refractivity contribution in [3.05, 3.63) is 47.6 Å². The monoisotopic (exact) mass is 283 g/mol. The van der Waals surface area contributed by atoms with Crippen molar-refractivity contribution in [3.63, 3.8) is 0 Å². The summed E-state index contributed by atoms with van der Waals surface area (Å²) in [7, 11) is 0. The highest BCUT2D eigenvalue weighted by Gasteiger charge is 2.14. The first-order valence-electron chi connectivity index (χ1n) is 6.35. The van der Waals surface area contributed by atoms with Gasteiger partial charge >= 0.3 is 0 Å². The van der Waals surface area contributed by atoms with Crippen molar-refractivity contribution in [2.75, 3.05) is 11.4 Å². The summed E-state index contributed by atoms with van der Waals surface area (Å²) in [5.74, 6) is 0.841. The van der Waals surface area contributed by atoms with E-state index < -0.39 is 0 Å². The Morgan fingerprint density at radius 1 is 1.25 bits per heavy atom. The van der Waals surface area contributed by atoms with E-state index in [1.54, 1.807) is 6.33 Å². The molecule has 0 spiro atoms. The Hall–Kier alpha value is -2.27. The first-order chi connectivity index (χ1) is 9.83. The third-order valence-electron chi connectivity index (χ3n) is 3.08. The number of carbonyl (C=O) groups excluding carboxylic acids is 1. The molecule has 5 heteroatoms. The van der Waals surface area contributed by atoms with Gasteiger partial charge in [0.1, 0.15) is 17.0 Å². The van der Waals surface area contributed by atoms with Crippen LogP contribution in [0.4, 0.5) is 11.5 Å². The van der Waals surface area contributed by atoms with Crippen molar-refractivity contribution >= 4 is 39.3 Å². The molecule has 0 saturated carbocycles.